The second kappa shape index (κ2) is 7.73. The molecule has 0 radical (unpaired) electrons. The van der Waals surface area contributed by atoms with Crippen molar-refractivity contribution in [3.05, 3.63) is 47.6 Å². The van der Waals surface area contributed by atoms with Gasteiger partial charge >= 0.3 is 0 Å². The van der Waals surface area contributed by atoms with Crippen LogP contribution in [0, 0.1) is 0 Å². The van der Waals surface area contributed by atoms with Gasteiger partial charge < -0.3 is 10.3 Å². The molecule has 1 aliphatic heterocycles. The molecule has 0 saturated carbocycles. The minimum atomic E-state index is -0.682. The lowest BCUT2D eigenvalue weighted by atomic mass is 10.0. The highest BCUT2D eigenvalue weighted by atomic mass is 16.5. The van der Waals surface area contributed by atoms with E-state index in [9.17, 15) is 4.79 Å². The summed E-state index contributed by atoms with van der Waals surface area (Å²) in [5, 5.41) is 3.60. The summed E-state index contributed by atoms with van der Waals surface area (Å²) in [6.45, 7) is 5.53. The van der Waals surface area contributed by atoms with E-state index >= 15 is 0 Å². The first-order valence-electron chi connectivity index (χ1n) is 8.45. The third kappa shape index (κ3) is 4.41. The van der Waals surface area contributed by atoms with Crippen LogP contribution < -0.4 is 16.6 Å². The van der Waals surface area contributed by atoms with Crippen LogP contribution >= 0.6 is 0 Å². The summed E-state index contributed by atoms with van der Waals surface area (Å²) >= 11 is 0. The maximum atomic E-state index is 11.1. The predicted octanol–water partition coefficient (Wildman–Crippen LogP) is 0.987. The van der Waals surface area contributed by atoms with E-state index in [1.54, 1.807) is 0 Å². The van der Waals surface area contributed by atoms with Crippen molar-refractivity contribution in [2.24, 2.45) is 5.73 Å². The standard InChI is InChI=1S/C17H24N6O2/c1-11(2)23(10-15-19-17(16(18)24)22-25-15)9-13-8-14(21-20-13)12-6-4-3-5-7-12/h3-7,11,13-14,20-21H,8-10H2,1-2H3,(H2,18,24). The topological polar surface area (TPSA) is 109 Å². The molecular weight excluding hydrogens is 320 g/mol. The van der Waals surface area contributed by atoms with E-state index in [4.69, 9.17) is 10.3 Å². The highest BCUT2D eigenvalue weighted by molar-refractivity contribution is 5.88. The number of hydrogen-bond acceptors (Lipinski definition) is 7. The second-order valence-corrected chi connectivity index (χ2v) is 6.58. The third-order valence-electron chi connectivity index (χ3n) is 4.40. The Labute approximate surface area is 146 Å². The van der Waals surface area contributed by atoms with Gasteiger partial charge in [0.25, 0.3) is 11.7 Å². The molecule has 134 valence electrons. The number of carbonyl (C=O) groups is 1. The maximum Gasteiger partial charge on any atom is 0.290 e. The van der Waals surface area contributed by atoms with Crippen molar-refractivity contribution in [2.45, 2.75) is 44.9 Å². The first-order valence-corrected chi connectivity index (χ1v) is 8.45. The molecule has 2 aromatic rings. The number of hydrazine groups is 1. The van der Waals surface area contributed by atoms with E-state index in [1.807, 2.05) is 6.07 Å². The fraction of sp³-hybridized carbons (Fsp3) is 0.471. The van der Waals surface area contributed by atoms with Gasteiger partial charge in [-0.2, -0.15) is 4.98 Å². The Hall–Kier alpha value is -2.29. The molecule has 0 spiro atoms. The Balaban J connectivity index is 1.59. The van der Waals surface area contributed by atoms with Crippen molar-refractivity contribution in [1.29, 1.82) is 0 Å². The Kier molecular flexibility index (Phi) is 5.42. The number of benzene rings is 1. The lowest BCUT2D eigenvalue weighted by Crippen LogP contribution is -2.42. The normalized spacial score (nSPS) is 20.5. The van der Waals surface area contributed by atoms with E-state index in [0.29, 0.717) is 30.6 Å². The van der Waals surface area contributed by atoms with Gasteiger partial charge in [0, 0.05) is 24.7 Å². The van der Waals surface area contributed by atoms with Gasteiger partial charge in [0.15, 0.2) is 0 Å². The van der Waals surface area contributed by atoms with Crippen molar-refractivity contribution < 1.29 is 9.32 Å². The fourth-order valence-corrected chi connectivity index (χ4v) is 2.98. The maximum absolute atomic E-state index is 11.1. The number of nitrogens with zero attached hydrogens (tertiary/aromatic N) is 3. The van der Waals surface area contributed by atoms with E-state index in [0.717, 1.165) is 13.0 Å². The molecular formula is C17H24N6O2. The lowest BCUT2D eigenvalue weighted by molar-refractivity contribution is 0.0987. The molecule has 2 atom stereocenters. The van der Waals surface area contributed by atoms with Crippen LogP contribution in [0.15, 0.2) is 34.9 Å². The lowest BCUT2D eigenvalue weighted by Gasteiger charge is -2.27. The Morgan fingerprint density at radius 3 is 2.76 bits per heavy atom. The highest BCUT2D eigenvalue weighted by Crippen LogP contribution is 2.23. The van der Waals surface area contributed by atoms with Gasteiger partial charge in [-0.3, -0.25) is 15.1 Å². The third-order valence-corrected chi connectivity index (χ3v) is 4.40. The largest absolute Gasteiger partial charge is 0.363 e. The molecule has 8 heteroatoms. The summed E-state index contributed by atoms with van der Waals surface area (Å²) in [5.41, 5.74) is 13.2. The van der Waals surface area contributed by atoms with Crippen LogP contribution in [0.25, 0.3) is 0 Å². The average molecular weight is 344 g/mol. The molecule has 1 amide bonds. The number of aromatic nitrogens is 2. The number of carbonyl (C=O) groups excluding carboxylic acids is 1. The zero-order valence-electron chi connectivity index (χ0n) is 14.5. The number of primary amides is 1. The molecule has 4 N–H and O–H groups in total. The summed E-state index contributed by atoms with van der Waals surface area (Å²) in [7, 11) is 0. The summed E-state index contributed by atoms with van der Waals surface area (Å²) < 4.78 is 5.12. The van der Waals surface area contributed by atoms with Crippen LogP contribution in [-0.2, 0) is 6.54 Å². The smallest absolute Gasteiger partial charge is 0.290 e. The monoisotopic (exact) mass is 344 g/mol. The van der Waals surface area contributed by atoms with E-state index < -0.39 is 5.91 Å². The minimum Gasteiger partial charge on any atom is -0.363 e. The van der Waals surface area contributed by atoms with Crippen molar-refractivity contribution in [3.8, 4) is 0 Å². The van der Waals surface area contributed by atoms with Crippen molar-refractivity contribution in [1.82, 2.24) is 25.9 Å². The summed E-state index contributed by atoms with van der Waals surface area (Å²) in [6, 6.07) is 11.3. The summed E-state index contributed by atoms with van der Waals surface area (Å²) in [5.74, 6) is -0.366. The average Bonchev–Trinajstić information content (AvgIpc) is 3.24. The van der Waals surface area contributed by atoms with Gasteiger partial charge in [0.2, 0.25) is 5.89 Å². The Morgan fingerprint density at radius 2 is 2.12 bits per heavy atom. The molecule has 1 fully saturated rings. The SMILES string of the molecule is CC(C)N(Cc1nc(C(N)=O)no1)CC1CC(c2ccccc2)NN1. The van der Waals surface area contributed by atoms with Crippen LogP contribution in [0.5, 0.6) is 0 Å². The number of nitrogens with one attached hydrogen (secondary N) is 2. The zero-order valence-corrected chi connectivity index (χ0v) is 14.5. The first-order chi connectivity index (χ1) is 12.0. The molecule has 1 saturated heterocycles. The van der Waals surface area contributed by atoms with Crippen molar-refractivity contribution >= 4 is 5.91 Å². The molecule has 3 rings (SSSR count). The predicted molar refractivity (Wildman–Crippen MR) is 92.2 cm³/mol. The minimum absolute atomic E-state index is 0.0801. The Bertz CT molecular complexity index is 702. The van der Waals surface area contributed by atoms with Crippen LogP contribution in [0.1, 0.15) is 48.4 Å². The van der Waals surface area contributed by atoms with Gasteiger partial charge in [-0.1, -0.05) is 35.5 Å². The van der Waals surface area contributed by atoms with E-state index in [2.05, 4.69) is 64.0 Å². The van der Waals surface area contributed by atoms with Crippen LogP contribution in [0.4, 0.5) is 0 Å². The number of rotatable bonds is 7. The van der Waals surface area contributed by atoms with Gasteiger partial charge in [0.05, 0.1) is 6.54 Å². The van der Waals surface area contributed by atoms with Crippen molar-refractivity contribution in [3.63, 3.8) is 0 Å². The molecule has 25 heavy (non-hydrogen) atoms. The van der Waals surface area contributed by atoms with Gasteiger partial charge in [-0.05, 0) is 25.8 Å². The molecule has 1 aliphatic rings. The molecule has 1 aromatic heterocycles. The summed E-state index contributed by atoms with van der Waals surface area (Å²) in [6.07, 6.45) is 0.990. The zero-order chi connectivity index (χ0) is 17.8. The molecule has 0 bridgehead atoms. The molecule has 8 nitrogen and oxygen atoms in total. The number of hydrogen-bond donors (Lipinski definition) is 3. The second-order valence-electron chi connectivity index (χ2n) is 6.58. The fourth-order valence-electron chi connectivity index (χ4n) is 2.98. The molecule has 1 aromatic carbocycles. The number of amides is 1. The van der Waals surface area contributed by atoms with Gasteiger partial charge in [0.1, 0.15) is 0 Å². The van der Waals surface area contributed by atoms with Gasteiger partial charge in [-0.25, -0.2) is 5.43 Å². The quantitative estimate of drug-likeness (QED) is 0.687. The molecule has 2 unspecified atom stereocenters. The molecule has 2 heterocycles. The first kappa shape index (κ1) is 17.5. The van der Waals surface area contributed by atoms with Gasteiger partial charge in [-0.15, -0.1) is 0 Å². The van der Waals surface area contributed by atoms with Crippen LogP contribution in [0.2, 0.25) is 0 Å². The summed E-state index contributed by atoms with van der Waals surface area (Å²) in [4.78, 5) is 17.4. The molecule has 0 aliphatic carbocycles. The highest BCUT2D eigenvalue weighted by Gasteiger charge is 2.28. The van der Waals surface area contributed by atoms with Crippen LogP contribution in [0.3, 0.4) is 0 Å². The van der Waals surface area contributed by atoms with E-state index in [-0.39, 0.29) is 5.82 Å². The van der Waals surface area contributed by atoms with Crippen LogP contribution in [-0.4, -0.2) is 39.6 Å². The Morgan fingerprint density at radius 1 is 1.36 bits per heavy atom. The van der Waals surface area contributed by atoms with E-state index in [1.165, 1.54) is 5.56 Å². The van der Waals surface area contributed by atoms with Crippen molar-refractivity contribution in [2.75, 3.05) is 6.54 Å². The number of nitrogens with two attached hydrogens (primary N) is 1.